The zero-order valence-corrected chi connectivity index (χ0v) is 10.6. The Bertz CT molecular complexity index is 216. The number of ether oxygens (including phenoxy) is 1. The van der Waals surface area contributed by atoms with Crippen LogP contribution in [0.25, 0.3) is 0 Å². The zero-order valence-electron chi connectivity index (χ0n) is 10.6. The predicted molar refractivity (Wildman–Crippen MR) is 65.5 cm³/mol. The van der Waals surface area contributed by atoms with Gasteiger partial charge in [-0.1, -0.05) is 33.5 Å². The summed E-state index contributed by atoms with van der Waals surface area (Å²) in [7, 11) is 1.72. The van der Waals surface area contributed by atoms with Crippen molar-refractivity contribution in [3.8, 4) is 0 Å². The number of rotatable bonds is 9. The minimum absolute atomic E-state index is 0.0688. The molecule has 0 fully saturated rings. The van der Waals surface area contributed by atoms with Gasteiger partial charge in [0, 0.05) is 12.3 Å². The number of carbonyl (C=O) groups is 2. The third-order valence-electron chi connectivity index (χ3n) is 2.37. The number of carbonyl (C=O) groups excluding carboxylic acids is 2. The van der Waals surface area contributed by atoms with E-state index in [1.54, 1.807) is 7.28 Å². The van der Waals surface area contributed by atoms with Gasteiger partial charge in [-0.15, -0.1) is 0 Å². The largest absolute Gasteiger partial charge is 0.466 e. The van der Waals surface area contributed by atoms with Crippen LogP contribution in [-0.2, 0) is 14.3 Å². The van der Waals surface area contributed by atoms with E-state index in [1.807, 2.05) is 20.8 Å². The maximum absolute atomic E-state index is 11.5. The Morgan fingerprint density at radius 1 is 1.25 bits per heavy atom. The van der Waals surface area contributed by atoms with Gasteiger partial charge in [0.05, 0.1) is 12.3 Å². The molecule has 0 aromatic rings. The summed E-state index contributed by atoms with van der Waals surface area (Å²) in [6.07, 6.45) is 3.57. The first-order valence-electron chi connectivity index (χ1n) is 6.14. The van der Waals surface area contributed by atoms with Gasteiger partial charge >= 0.3 is 5.97 Å². The summed E-state index contributed by atoms with van der Waals surface area (Å²) in [4.78, 5) is 22.7. The van der Waals surface area contributed by atoms with Gasteiger partial charge < -0.3 is 9.53 Å². The molecule has 0 aliphatic rings. The smallest absolute Gasteiger partial charge is 0.305 e. The van der Waals surface area contributed by atoms with Crippen molar-refractivity contribution in [2.45, 2.75) is 52.8 Å². The Morgan fingerprint density at radius 2 is 1.94 bits per heavy atom. The molecule has 4 heteroatoms. The van der Waals surface area contributed by atoms with Gasteiger partial charge in [-0.05, 0) is 12.8 Å². The van der Waals surface area contributed by atoms with E-state index >= 15 is 0 Å². The fourth-order valence-corrected chi connectivity index (χ4v) is 1.25. The van der Waals surface area contributed by atoms with Crippen LogP contribution < -0.4 is 0 Å². The van der Waals surface area contributed by atoms with E-state index in [2.05, 4.69) is 0 Å². The monoisotopic (exact) mass is 225 g/mol. The molecule has 1 radical (unpaired) electrons. The van der Waals surface area contributed by atoms with Crippen LogP contribution in [0.1, 0.15) is 46.5 Å². The molecule has 0 aromatic heterocycles. The summed E-state index contributed by atoms with van der Waals surface area (Å²) in [5.74, 6) is -0.266. The highest BCUT2D eigenvalue weighted by molar-refractivity contribution is 6.74. The first-order valence-corrected chi connectivity index (χ1v) is 6.14. The maximum Gasteiger partial charge on any atom is 0.305 e. The molecule has 0 saturated carbocycles. The average Bonchev–Trinajstić information content (AvgIpc) is 2.30. The molecule has 0 spiro atoms. The van der Waals surface area contributed by atoms with Gasteiger partial charge in [0.25, 0.3) is 0 Å². The summed E-state index contributed by atoms with van der Waals surface area (Å²) in [5.41, 5.74) is 0.144. The lowest BCUT2D eigenvalue weighted by atomic mass is 9.64. The van der Waals surface area contributed by atoms with Crippen LogP contribution in [0.5, 0.6) is 0 Å². The standard InChI is InChI=1S/C12H22BO3/c1-4-8-13-12(15)10(3)6-7-11(14)16-9-5-2/h10H,4-9H2,1-3H3. The third-order valence-corrected chi connectivity index (χ3v) is 2.37. The van der Waals surface area contributed by atoms with E-state index in [-0.39, 0.29) is 17.6 Å². The molecule has 3 nitrogen and oxygen atoms in total. The second-order valence-corrected chi connectivity index (χ2v) is 4.06. The minimum atomic E-state index is -0.197. The lowest BCUT2D eigenvalue weighted by Gasteiger charge is -2.09. The van der Waals surface area contributed by atoms with Crippen molar-refractivity contribution in [1.82, 2.24) is 0 Å². The van der Waals surface area contributed by atoms with E-state index in [4.69, 9.17) is 4.74 Å². The van der Waals surface area contributed by atoms with Gasteiger partial charge in [-0.3, -0.25) is 4.79 Å². The fraction of sp³-hybridized carbons (Fsp3) is 0.833. The molecular weight excluding hydrogens is 203 g/mol. The topological polar surface area (TPSA) is 43.4 Å². The van der Waals surface area contributed by atoms with Gasteiger partial charge in [-0.2, -0.15) is 0 Å². The van der Waals surface area contributed by atoms with Crippen LogP contribution >= 0.6 is 0 Å². The molecule has 91 valence electrons. The fourth-order valence-electron chi connectivity index (χ4n) is 1.25. The maximum atomic E-state index is 11.5. The molecule has 0 rings (SSSR count). The lowest BCUT2D eigenvalue weighted by molar-refractivity contribution is -0.144. The normalized spacial score (nSPS) is 11.9. The van der Waals surface area contributed by atoms with Crippen LogP contribution in [0.2, 0.25) is 6.32 Å². The van der Waals surface area contributed by atoms with Crippen molar-refractivity contribution in [3.63, 3.8) is 0 Å². The van der Waals surface area contributed by atoms with Crippen molar-refractivity contribution in [2.24, 2.45) is 5.92 Å². The number of hydrogen-bond donors (Lipinski definition) is 0. The van der Waals surface area contributed by atoms with Crippen molar-refractivity contribution in [1.29, 1.82) is 0 Å². The molecule has 0 N–H and O–H groups in total. The Morgan fingerprint density at radius 3 is 2.50 bits per heavy atom. The second-order valence-electron chi connectivity index (χ2n) is 4.06. The molecule has 1 atom stereocenters. The summed E-state index contributed by atoms with van der Waals surface area (Å²) >= 11 is 0. The van der Waals surface area contributed by atoms with Gasteiger partial charge in [0.1, 0.15) is 0 Å². The third kappa shape index (κ3) is 7.49. The molecule has 0 saturated heterocycles. The predicted octanol–water partition coefficient (Wildman–Crippen LogP) is 2.42. The molecule has 1 unspecified atom stereocenters. The van der Waals surface area contributed by atoms with Crippen LogP contribution in [0.15, 0.2) is 0 Å². The Balaban J connectivity index is 3.66. The van der Waals surface area contributed by atoms with E-state index in [1.165, 1.54) is 0 Å². The molecule has 0 aliphatic carbocycles. The molecule has 0 heterocycles. The Labute approximate surface area is 99.2 Å². The molecular formula is C12H22BO3. The quantitative estimate of drug-likeness (QED) is 0.447. The number of hydrogen-bond acceptors (Lipinski definition) is 3. The minimum Gasteiger partial charge on any atom is -0.466 e. The molecule has 0 aromatic carbocycles. The van der Waals surface area contributed by atoms with E-state index in [0.29, 0.717) is 19.4 Å². The number of esters is 1. The second kappa shape index (κ2) is 9.43. The Hall–Kier alpha value is -0.795. The highest BCUT2D eigenvalue weighted by Crippen LogP contribution is 2.08. The SMILES string of the molecule is CCC[B]C(=O)C(C)CCC(=O)OCCC. The van der Waals surface area contributed by atoms with Crippen LogP contribution in [0, 0.1) is 5.92 Å². The van der Waals surface area contributed by atoms with Crippen LogP contribution in [-0.4, -0.2) is 25.5 Å². The van der Waals surface area contributed by atoms with Gasteiger partial charge in [0.15, 0.2) is 0 Å². The Kier molecular flexibility index (Phi) is 8.96. The lowest BCUT2D eigenvalue weighted by Crippen LogP contribution is -2.19. The highest BCUT2D eigenvalue weighted by Gasteiger charge is 2.14. The average molecular weight is 225 g/mol. The summed E-state index contributed by atoms with van der Waals surface area (Å²) in [5, 5.41) is 0. The van der Waals surface area contributed by atoms with Crippen LogP contribution in [0.3, 0.4) is 0 Å². The summed E-state index contributed by atoms with van der Waals surface area (Å²) < 4.78 is 4.94. The van der Waals surface area contributed by atoms with Crippen molar-refractivity contribution in [2.75, 3.05) is 6.61 Å². The zero-order chi connectivity index (χ0) is 12.4. The van der Waals surface area contributed by atoms with Crippen molar-refractivity contribution >= 4 is 18.9 Å². The van der Waals surface area contributed by atoms with Crippen molar-refractivity contribution in [3.05, 3.63) is 0 Å². The summed E-state index contributed by atoms with van der Waals surface area (Å²) in [6.45, 7) is 6.33. The molecule has 0 bridgehead atoms. The van der Waals surface area contributed by atoms with Crippen LogP contribution in [0.4, 0.5) is 0 Å². The van der Waals surface area contributed by atoms with E-state index < -0.39 is 0 Å². The van der Waals surface area contributed by atoms with Crippen molar-refractivity contribution < 1.29 is 14.3 Å². The van der Waals surface area contributed by atoms with E-state index in [0.717, 1.165) is 19.2 Å². The van der Waals surface area contributed by atoms with E-state index in [9.17, 15) is 9.59 Å². The first kappa shape index (κ1) is 15.2. The molecule has 16 heavy (non-hydrogen) atoms. The first-order chi connectivity index (χ1) is 7.61. The highest BCUT2D eigenvalue weighted by atomic mass is 16.5. The molecule has 0 amide bonds. The molecule has 0 aliphatic heterocycles. The summed E-state index contributed by atoms with van der Waals surface area (Å²) in [6, 6.07) is 0. The van der Waals surface area contributed by atoms with Gasteiger partial charge in [-0.25, -0.2) is 0 Å². The van der Waals surface area contributed by atoms with Gasteiger partial charge in [0.2, 0.25) is 7.28 Å².